The van der Waals surface area contributed by atoms with Gasteiger partial charge in [0.1, 0.15) is 0 Å². The summed E-state index contributed by atoms with van der Waals surface area (Å²) in [4.78, 5) is 12.2. The van der Waals surface area contributed by atoms with E-state index < -0.39 is 0 Å². The SMILES string of the molecule is O=C(Cc1ccc(Cl)cc1)NC1CCCc2ccccc21. The number of hydrogen-bond acceptors (Lipinski definition) is 1. The molecule has 2 aromatic rings. The Labute approximate surface area is 130 Å². The molecule has 2 aromatic carbocycles. The van der Waals surface area contributed by atoms with Crippen molar-refractivity contribution < 1.29 is 4.79 Å². The van der Waals surface area contributed by atoms with E-state index >= 15 is 0 Å². The number of fused-ring (bicyclic) bond motifs is 1. The van der Waals surface area contributed by atoms with E-state index in [0.717, 1.165) is 24.8 Å². The summed E-state index contributed by atoms with van der Waals surface area (Å²) < 4.78 is 0. The predicted molar refractivity (Wildman–Crippen MR) is 85.4 cm³/mol. The second kappa shape index (κ2) is 6.31. The van der Waals surface area contributed by atoms with Gasteiger partial charge in [-0.25, -0.2) is 0 Å². The lowest BCUT2D eigenvalue weighted by atomic mass is 9.87. The summed E-state index contributed by atoms with van der Waals surface area (Å²) in [5, 5.41) is 3.86. The summed E-state index contributed by atoms with van der Waals surface area (Å²) in [5.41, 5.74) is 3.62. The fraction of sp³-hybridized carbons (Fsp3) is 0.278. The minimum Gasteiger partial charge on any atom is -0.349 e. The molecule has 0 aromatic heterocycles. The molecule has 1 unspecified atom stereocenters. The monoisotopic (exact) mass is 299 g/mol. The number of carbonyl (C=O) groups excluding carboxylic acids is 1. The van der Waals surface area contributed by atoms with Crippen LogP contribution in [0.5, 0.6) is 0 Å². The van der Waals surface area contributed by atoms with Gasteiger partial charge < -0.3 is 5.32 Å². The van der Waals surface area contributed by atoms with Gasteiger partial charge in [-0.05, 0) is 48.1 Å². The highest BCUT2D eigenvalue weighted by molar-refractivity contribution is 6.30. The maximum absolute atomic E-state index is 12.2. The molecule has 3 heteroatoms. The maximum atomic E-state index is 12.2. The first kappa shape index (κ1) is 14.2. The molecule has 0 spiro atoms. The second-order valence-electron chi connectivity index (χ2n) is 5.51. The molecule has 1 aliphatic rings. The van der Waals surface area contributed by atoms with Gasteiger partial charge in [0.25, 0.3) is 0 Å². The van der Waals surface area contributed by atoms with E-state index in [0.29, 0.717) is 11.4 Å². The van der Waals surface area contributed by atoms with Gasteiger partial charge in [-0.1, -0.05) is 48.0 Å². The smallest absolute Gasteiger partial charge is 0.224 e. The molecule has 1 amide bonds. The van der Waals surface area contributed by atoms with Crippen LogP contribution in [0.25, 0.3) is 0 Å². The van der Waals surface area contributed by atoms with E-state index in [9.17, 15) is 4.79 Å². The Kier molecular flexibility index (Phi) is 4.26. The number of hydrogen-bond donors (Lipinski definition) is 1. The lowest BCUT2D eigenvalue weighted by molar-refractivity contribution is -0.121. The van der Waals surface area contributed by atoms with Crippen LogP contribution in [0, 0.1) is 0 Å². The summed E-state index contributed by atoms with van der Waals surface area (Å²) in [6.07, 6.45) is 3.65. The summed E-state index contributed by atoms with van der Waals surface area (Å²) >= 11 is 5.86. The molecular weight excluding hydrogens is 282 g/mol. The van der Waals surface area contributed by atoms with Gasteiger partial charge in [0.2, 0.25) is 5.91 Å². The van der Waals surface area contributed by atoms with Crippen molar-refractivity contribution in [3.05, 3.63) is 70.2 Å². The number of carbonyl (C=O) groups is 1. The molecule has 1 N–H and O–H groups in total. The molecule has 0 saturated carbocycles. The Morgan fingerprint density at radius 1 is 1.14 bits per heavy atom. The Morgan fingerprint density at radius 3 is 2.71 bits per heavy atom. The van der Waals surface area contributed by atoms with E-state index in [1.165, 1.54) is 11.1 Å². The quantitative estimate of drug-likeness (QED) is 0.909. The molecule has 3 rings (SSSR count). The van der Waals surface area contributed by atoms with E-state index in [1.807, 2.05) is 30.3 Å². The number of aryl methyl sites for hydroxylation is 1. The minimum absolute atomic E-state index is 0.0685. The maximum Gasteiger partial charge on any atom is 0.224 e. The third-order valence-electron chi connectivity index (χ3n) is 3.98. The van der Waals surface area contributed by atoms with Gasteiger partial charge in [0.15, 0.2) is 0 Å². The summed E-state index contributed by atoms with van der Waals surface area (Å²) in [6.45, 7) is 0. The van der Waals surface area contributed by atoms with E-state index in [-0.39, 0.29) is 11.9 Å². The number of amides is 1. The first-order valence-corrected chi connectivity index (χ1v) is 7.72. The van der Waals surface area contributed by atoms with Crippen LogP contribution in [-0.2, 0) is 17.6 Å². The van der Waals surface area contributed by atoms with Gasteiger partial charge in [0.05, 0.1) is 12.5 Å². The first-order valence-electron chi connectivity index (χ1n) is 7.34. The molecule has 1 atom stereocenters. The Hall–Kier alpha value is -1.80. The lowest BCUT2D eigenvalue weighted by Crippen LogP contribution is -2.32. The first-order chi connectivity index (χ1) is 10.2. The largest absolute Gasteiger partial charge is 0.349 e. The van der Waals surface area contributed by atoms with Gasteiger partial charge in [0, 0.05) is 5.02 Å². The Balaban J connectivity index is 1.67. The van der Waals surface area contributed by atoms with Crippen molar-refractivity contribution in [3.8, 4) is 0 Å². The molecule has 0 saturated heterocycles. The number of benzene rings is 2. The standard InChI is InChI=1S/C18H18ClNO/c19-15-10-8-13(9-11-15)12-18(21)20-17-7-3-5-14-4-1-2-6-16(14)17/h1-2,4,6,8-11,17H,3,5,7,12H2,(H,20,21). The van der Waals surface area contributed by atoms with Crippen molar-refractivity contribution in [1.29, 1.82) is 0 Å². The van der Waals surface area contributed by atoms with Crippen molar-refractivity contribution >= 4 is 17.5 Å². The third-order valence-corrected chi connectivity index (χ3v) is 4.23. The Morgan fingerprint density at radius 2 is 1.90 bits per heavy atom. The number of nitrogens with one attached hydrogen (secondary N) is 1. The fourth-order valence-corrected chi connectivity index (χ4v) is 3.06. The van der Waals surface area contributed by atoms with Crippen molar-refractivity contribution in [3.63, 3.8) is 0 Å². The summed E-state index contributed by atoms with van der Waals surface area (Å²) in [6, 6.07) is 16.0. The summed E-state index contributed by atoms with van der Waals surface area (Å²) in [7, 11) is 0. The van der Waals surface area contributed by atoms with Crippen molar-refractivity contribution in [2.75, 3.05) is 0 Å². The number of rotatable bonds is 3. The topological polar surface area (TPSA) is 29.1 Å². The predicted octanol–water partition coefficient (Wildman–Crippen LogP) is 4.08. The second-order valence-corrected chi connectivity index (χ2v) is 5.95. The molecular formula is C18H18ClNO. The van der Waals surface area contributed by atoms with Crippen LogP contribution in [-0.4, -0.2) is 5.91 Å². The molecule has 0 radical (unpaired) electrons. The highest BCUT2D eigenvalue weighted by Crippen LogP contribution is 2.29. The summed E-state index contributed by atoms with van der Waals surface area (Å²) in [5.74, 6) is 0.0685. The van der Waals surface area contributed by atoms with Crippen LogP contribution >= 0.6 is 11.6 Å². The average Bonchev–Trinajstić information content (AvgIpc) is 2.50. The van der Waals surface area contributed by atoms with E-state index in [2.05, 4.69) is 23.5 Å². The van der Waals surface area contributed by atoms with Gasteiger partial charge in [-0.3, -0.25) is 4.79 Å². The molecule has 21 heavy (non-hydrogen) atoms. The molecule has 0 heterocycles. The van der Waals surface area contributed by atoms with Gasteiger partial charge >= 0.3 is 0 Å². The lowest BCUT2D eigenvalue weighted by Gasteiger charge is -2.26. The van der Waals surface area contributed by atoms with Crippen molar-refractivity contribution in [2.45, 2.75) is 31.7 Å². The van der Waals surface area contributed by atoms with Crippen LogP contribution in [0.1, 0.15) is 35.6 Å². The zero-order valence-corrected chi connectivity index (χ0v) is 12.6. The zero-order chi connectivity index (χ0) is 14.7. The van der Waals surface area contributed by atoms with Crippen LogP contribution in [0.2, 0.25) is 5.02 Å². The van der Waals surface area contributed by atoms with Crippen molar-refractivity contribution in [2.24, 2.45) is 0 Å². The van der Waals surface area contributed by atoms with Crippen LogP contribution in [0.3, 0.4) is 0 Å². The zero-order valence-electron chi connectivity index (χ0n) is 11.8. The molecule has 1 aliphatic carbocycles. The van der Waals surface area contributed by atoms with E-state index in [1.54, 1.807) is 0 Å². The van der Waals surface area contributed by atoms with E-state index in [4.69, 9.17) is 11.6 Å². The molecule has 0 bridgehead atoms. The molecule has 0 aliphatic heterocycles. The van der Waals surface area contributed by atoms with Crippen LogP contribution < -0.4 is 5.32 Å². The van der Waals surface area contributed by atoms with Crippen LogP contribution in [0.15, 0.2) is 48.5 Å². The van der Waals surface area contributed by atoms with Crippen LogP contribution in [0.4, 0.5) is 0 Å². The van der Waals surface area contributed by atoms with Gasteiger partial charge in [-0.2, -0.15) is 0 Å². The number of halogens is 1. The minimum atomic E-state index is 0.0685. The molecule has 2 nitrogen and oxygen atoms in total. The van der Waals surface area contributed by atoms with Gasteiger partial charge in [-0.15, -0.1) is 0 Å². The molecule has 0 fully saturated rings. The highest BCUT2D eigenvalue weighted by atomic mass is 35.5. The average molecular weight is 300 g/mol. The Bertz CT molecular complexity index is 636. The third kappa shape index (κ3) is 3.45. The highest BCUT2D eigenvalue weighted by Gasteiger charge is 2.21. The fourth-order valence-electron chi connectivity index (χ4n) is 2.94. The molecule has 108 valence electrons. The van der Waals surface area contributed by atoms with Crippen molar-refractivity contribution in [1.82, 2.24) is 5.32 Å². The normalized spacial score (nSPS) is 17.1.